The molecule has 0 bridgehead atoms. The zero-order valence-electron chi connectivity index (χ0n) is 8.21. The van der Waals surface area contributed by atoms with Crippen LogP contribution in [0.25, 0.3) is 0 Å². The molecule has 0 radical (unpaired) electrons. The van der Waals surface area contributed by atoms with Gasteiger partial charge in [-0.1, -0.05) is 36.7 Å². The highest BCUT2D eigenvalue weighted by atomic mass is 35.5. The summed E-state index contributed by atoms with van der Waals surface area (Å²) >= 11 is 5.92. The number of allylic oxidation sites excluding steroid dienone is 1. The van der Waals surface area contributed by atoms with Gasteiger partial charge in [0.05, 0.1) is 5.02 Å². The van der Waals surface area contributed by atoms with Crippen LogP contribution in [0.15, 0.2) is 30.9 Å². The molecule has 0 spiro atoms. The SMILES string of the molecule is C=CC(C)c1cccc(OC(F)F)c1Cl. The van der Waals surface area contributed by atoms with Crippen molar-refractivity contribution in [2.24, 2.45) is 0 Å². The van der Waals surface area contributed by atoms with Crippen molar-refractivity contribution in [3.63, 3.8) is 0 Å². The minimum Gasteiger partial charge on any atom is -0.433 e. The Balaban J connectivity index is 3.05. The van der Waals surface area contributed by atoms with E-state index in [1.807, 2.05) is 6.92 Å². The minimum atomic E-state index is -2.86. The van der Waals surface area contributed by atoms with Crippen LogP contribution < -0.4 is 4.74 Å². The van der Waals surface area contributed by atoms with E-state index in [1.165, 1.54) is 6.07 Å². The van der Waals surface area contributed by atoms with E-state index in [9.17, 15) is 8.78 Å². The van der Waals surface area contributed by atoms with Crippen molar-refractivity contribution in [1.29, 1.82) is 0 Å². The Morgan fingerprint density at radius 1 is 1.47 bits per heavy atom. The average Bonchev–Trinajstić information content (AvgIpc) is 2.19. The summed E-state index contributed by atoms with van der Waals surface area (Å²) in [6.07, 6.45) is 1.69. The van der Waals surface area contributed by atoms with Crippen molar-refractivity contribution in [1.82, 2.24) is 0 Å². The van der Waals surface area contributed by atoms with Crippen LogP contribution in [0.1, 0.15) is 18.4 Å². The Kier molecular flexibility index (Phi) is 4.09. The molecule has 4 heteroatoms. The lowest BCUT2D eigenvalue weighted by molar-refractivity contribution is -0.0498. The monoisotopic (exact) mass is 232 g/mol. The van der Waals surface area contributed by atoms with E-state index in [0.29, 0.717) is 0 Å². The lowest BCUT2D eigenvalue weighted by Gasteiger charge is -2.12. The summed E-state index contributed by atoms with van der Waals surface area (Å²) in [6.45, 7) is 2.63. The second-order valence-electron chi connectivity index (χ2n) is 3.06. The van der Waals surface area contributed by atoms with Crippen LogP contribution in [0.4, 0.5) is 8.78 Å². The standard InChI is InChI=1S/C11H11ClF2O/c1-3-7(2)8-5-4-6-9(10(8)12)15-11(13)14/h3-7,11H,1H2,2H3. The molecule has 0 fully saturated rings. The van der Waals surface area contributed by atoms with Crippen LogP contribution in [0.3, 0.4) is 0 Å². The maximum absolute atomic E-state index is 12.0. The number of halogens is 3. The molecule has 1 atom stereocenters. The number of alkyl halides is 2. The third kappa shape index (κ3) is 2.93. The largest absolute Gasteiger partial charge is 0.433 e. The fraction of sp³-hybridized carbons (Fsp3) is 0.273. The predicted molar refractivity (Wildman–Crippen MR) is 56.7 cm³/mol. The number of ether oxygens (including phenoxy) is 1. The Morgan fingerprint density at radius 2 is 2.13 bits per heavy atom. The molecular formula is C11H11ClF2O. The number of hydrogen-bond acceptors (Lipinski definition) is 1. The molecule has 0 aliphatic carbocycles. The molecule has 82 valence electrons. The first kappa shape index (κ1) is 12.0. The van der Waals surface area contributed by atoms with Crippen LogP contribution in [0, 0.1) is 0 Å². The van der Waals surface area contributed by atoms with Crippen LogP contribution in [-0.4, -0.2) is 6.61 Å². The summed E-state index contributed by atoms with van der Waals surface area (Å²) in [5.74, 6) is -0.00316. The van der Waals surface area contributed by atoms with Gasteiger partial charge in [-0.05, 0) is 11.6 Å². The molecule has 0 amide bonds. The fourth-order valence-corrected chi connectivity index (χ4v) is 1.54. The zero-order chi connectivity index (χ0) is 11.4. The number of rotatable bonds is 4. The summed E-state index contributed by atoms with van der Waals surface area (Å²) < 4.78 is 28.3. The van der Waals surface area contributed by atoms with Gasteiger partial charge in [0.25, 0.3) is 0 Å². The summed E-state index contributed by atoms with van der Waals surface area (Å²) in [5, 5.41) is 0.213. The van der Waals surface area contributed by atoms with E-state index in [1.54, 1.807) is 18.2 Å². The van der Waals surface area contributed by atoms with Crippen LogP contribution in [0.5, 0.6) is 5.75 Å². The topological polar surface area (TPSA) is 9.23 Å². The normalized spacial score (nSPS) is 12.6. The zero-order valence-corrected chi connectivity index (χ0v) is 8.97. The third-order valence-electron chi connectivity index (χ3n) is 2.05. The average molecular weight is 233 g/mol. The Morgan fingerprint density at radius 3 is 2.67 bits per heavy atom. The molecule has 1 aromatic rings. The van der Waals surface area contributed by atoms with Crippen LogP contribution in [0.2, 0.25) is 5.02 Å². The van der Waals surface area contributed by atoms with Crippen molar-refractivity contribution in [2.75, 3.05) is 0 Å². The molecule has 1 rings (SSSR count). The summed E-state index contributed by atoms with van der Waals surface area (Å²) in [5.41, 5.74) is 0.727. The van der Waals surface area contributed by atoms with Gasteiger partial charge in [0.2, 0.25) is 0 Å². The Labute approximate surface area is 92.3 Å². The van der Waals surface area contributed by atoms with Crippen molar-refractivity contribution < 1.29 is 13.5 Å². The lowest BCUT2D eigenvalue weighted by Crippen LogP contribution is -2.03. The Hall–Kier alpha value is -1.09. The number of hydrogen-bond donors (Lipinski definition) is 0. The summed E-state index contributed by atoms with van der Waals surface area (Å²) in [6, 6.07) is 4.79. The quantitative estimate of drug-likeness (QED) is 0.706. The van der Waals surface area contributed by atoms with Crippen molar-refractivity contribution in [3.05, 3.63) is 41.4 Å². The summed E-state index contributed by atoms with van der Waals surface area (Å²) in [7, 11) is 0. The number of benzene rings is 1. The van der Waals surface area contributed by atoms with Gasteiger partial charge in [-0.25, -0.2) is 0 Å². The van der Waals surface area contributed by atoms with Crippen molar-refractivity contribution in [3.8, 4) is 5.75 Å². The molecule has 0 aromatic heterocycles. The molecule has 0 heterocycles. The van der Waals surface area contributed by atoms with Gasteiger partial charge in [-0.2, -0.15) is 8.78 Å². The van der Waals surface area contributed by atoms with E-state index in [0.717, 1.165) is 5.56 Å². The first-order chi connectivity index (χ1) is 7.06. The maximum Gasteiger partial charge on any atom is 0.387 e. The first-order valence-corrected chi connectivity index (χ1v) is 4.79. The molecule has 0 saturated carbocycles. The highest BCUT2D eigenvalue weighted by molar-refractivity contribution is 6.32. The predicted octanol–water partition coefficient (Wildman–Crippen LogP) is 4.23. The van der Waals surface area contributed by atoms with Crippen LogP contribution in [-0.2, 0) is 0 Å². The highest BCUT2D eigenvalue weighted by Gasteiger charge is 2.13. The smallest absolute Gasteiger partial charge is 0.387 e. The maximum atomic E-state index is 12.0. The van der Waals surface area contributed by atoms with Crippen molar-refractivity contribution >= 4 is 11.6 Å². The van der Waals surface area contributed by atoms with E-state index < -0.39 is 6.61 Å². The van der Waals surface area contributed by atoms with E-state index in [-0.39, 0.29) is 16.7 Å². The van der Waals surface area contributed by atoms with Gasteiger partial charge in [0.1, 0.15) is 5.75 Å². The van der Waals surface area contributed by atoms with Crippen LogP contribution >= 0.6 is 11.6 Å². The van der Waals surface area contributed by atoms with E-state index in [4.69, 9.17) is 11.6 Å². The second-order valence-corrected chi connectivity index (χ2v) is 3.44. The van der Waals surface area contributed by atoms with Gasteiger partial charge in [0.15, 0.2) is 0 Å². The third-order valence-corrected chi connectivity index (χ3v) is 2.46. The van der Waals surface area contributed by atoms with Crippen molar-refractivity contribution in [2.45, 2.75) is 19.5 Å². The molecule has 0 aliphatic rings. The van der Waals surface area contributed by atoms with E-state index >= 15 is 0 Å². The molecule has 0 aliphatic heterocycles. The minimum absolute atomic E-state index is 0.00118. The molecule has 0 N–H and O–H groups in total. The van der Waals surface area contributed by atoms with E-state index in [2.05, 4.69) is 11.3 Å². The Bertz CT molecular complexity index is 352. The van der Waals surface area contributed by atoms with Gasteiger partial charge in [-0.3, -0.25) is 0 Å². The fourth-order valence-electron chi connectivity index (χ4n) is 1.19. The van der Waals surface area contributed by atoms with Gasteiger partial charge >= 0.3 is 6.61 Å². The molecular weight excluding hydrogens is 222 g/mol. The van der Waals surface area contributed by atoms with Gasteiger partial charge in [-0.15, -0.1) is 6.58 Å². The first-order valence-electron chi connectivity index (χ1n) is 4.42. The molecule has 0 saturated heterocycles. The molecule has 1 unspecified atom stereocenters. The van der Waals surface area contributed by atoms with Gasteiger partial charge < -0.3 is 4.74 Å². The lowest BCUT2D eigenvalue weighted by atomic mass is 10.0. The molecule has 15 heavy (non-hydrogen) atoms. The summed E-state index contributed by atoms with van der Waals surface area (Å²) in [4.78, 5) is 0. The highest BCUT2D eigenvalue weighted by Crippen LogP contribution is 2.33. The van der Waals surface area contributed by atoms with Gasteiger partial charge in [0, 0.05) is 5.92 Å². The molecule has 1 aromatic carbocycles. The molecule has 1 nitrogen and oxygen atoms in total. The second kappa shape index (κ2) is 5.12.